The molecule has 0 radical (unpaired) electrons. The van der Waals surface area contributed by atoms with Crippen molar-refractivity contribution in [1.82, 2.24) is 0 Å². The van der Waals surface area contributed by atoms with E-state index in [2.05, 4.69) is 0 Å². The molecule has 2 aromatic rings. The van der Waals surface area contributed by atoms with E-state index in [-0.39, 0.29) is 11.0 Å². The molecule has 0 aliphatic heterocycles. The second kappa shape index (κ2) is 2.05. The third-order valence-electron chi connectivity index (χ3n) is 1.52. The van der Waals surface area contributed by atoms with Crippen LogP contribution in [0.1, 0.15) is 0 Å². The minimum absolute atomic E-state index is 0.0231. The molecular formula is C8H4F2O. The van der Waals surface area contributed by atoms with Gasteiger partial charge in [0.25, 0.3) is 0 Å². The summed E-state index contributed by atoms with van der Waals surface area (Å²) in [5.74, 6) is -0.999. The molecule has 0 saturated heterocycles. The first-order valence-electron chi connectivity index (χ1n) is 3.10. The summed E-state index contributed by atoms with van der Waals surface area (Å²) in [4.78, 5) is 0. The van der Waals surface area contributed by atoms with E-state index in [1.807, 2.05) is 0 Å². The van der Waals surface area contributed by atoms with Gasteiger partial charge in [-0.15, -0.1) is 0 Å². The van der Waals surface area contributed by atoms with Crippen molar-refractivity contribution in [2.45, 2.75) is 0 Å². The molecule has 3 heteroatoms. The molecule has 0 aliphatic rings. The number of fused-ring (bicyclic) bond motifs is 1. The number of hydrogen-bond acceptors (Lipinski definition) is 1. The van der Waals surface area contributed by atoms with Crippen LogP contribution in [-0.4, -0.2) is 0 Å². The lowest BCUT2D eigenvalue weighted by Gasteiger charge is -1.90. The van der Waals surface area contributed by atoms with Crippen molar-refractivity contribution >= 4 is 11.0 Å². The molecule has 11 heavy (non-hydrogen) atoms. The number of benzene rings is 1. The summed E-state index contributed by atoms with van der Waals surface area (Å²) in [6.07, 6.45) is 1.26. The highest BCUT2D eigenvalue weighted by Gasteiger charge is 2.07. The van der Waals surface area contributed by atoms with Gasteiger partial charge in [0.15, 0.2) is 11.4 Å². The van der Waals surface area contributed by atoms with E-state index in [0.717, 1.165) is 12.1 Å². The molecule has 0 amide bonds. The topological polar surface area (TPSA) is 13.1 Å². The normalized spacial score (nSPS) is 10.7. The van der Waals surface area contributed by atoms with Gasteiger partial charge in [0.1, 0.15) is 5.82 Å². The molecule has 0 unspecified atom stereocenters. The molecule has 1 nitrogen and oxygen atoms in total. The van der Waals surface area contributed by atoms with E-state index in [9.17, 15) is 8.78 Å². The number of rotatable bonds is 0. The van der Waals surface area contributed by atoms with E-state index < -0.39 is 11.6 Å². The Morgan fingerprint density at radius 3 is 2.45 bits per heavy atom. The predicted molar refractivity (Wildman–Crippen MR) is 36.1 cm³/mol. The lowest BCUT2D eigenvalue weighted by Crippen LogP contribution is -1.78. The van der Waals surface area contributed by atoms with Crippen LogP contribution in [0.4, 0.5) is 8.78 Å². The van der Waals surface area contributed by atoms with Crippen molar-refractivity contribution in [2.75, 3.05) is 0 Å². The lowest BCUT2D eigenvalue weighted by molar-refractivity contribution is 0.555. The molecule has 1 aromatic carbocycles. The minimum atomic E-state index is -0.536. The summed E-state index contributed by atoms with van der Waals surface area (Å²) in [5, 5.41) is 0.185. The van der Waals surface area contributed by atoms with Crippen LogP contribution in [0.2, 0.25) is 0 Å². The minimum Gasteiger partial charge on any atom is -0.461 e. The molecule has 56 valence electrons. The van der Waals surface area contributed by atoms with Gasteiger partial charge in [0, 0.05) is 0 Å². The Hall–Kier alpha value is -1.38. The summed E-state index contributed by atoms with van der Waals surface area (Å²) in [7, 11) is 0. The van der Waals surface area contributed by atoms with Gasteiger partial charge < -0.3 is 4.42 Å². The fourth-order valence-electron chi connectivity index (χ4n) is 0.994. The van der Waals surface area contributed by atoms with Crippen molar-refractivity contribution in [2.24, 2.45) is 0 Å². The summed E-state index contributed by atoms with van der Waals surface area (Å²) >= 11 is 0. The molecule has 0 atom stereocenters. The van der Waals surface area contributed by atoms with Crippen LogP contribution < -0.4 is 0 Å². The van der Waals surface area contributed by atoms with Crippen LogP contribution in [-0.2, 0) is 0 Å². The summed E-state index contributed by atoms with van der Waals surface area (Å²) in [6.45, 7) is 0. The molecule has 2 rings (SSSR count). The van der Waals surface area contributed by atoms with Crippen molar-refractivity contribution in [3.8, 4) is 0 Å². The Morgan fingerprint density at radius 2 is 1.73 bits per heavy atom. The maximum absolute atomic E-state index is 12.8. The van der Waals surface area contributed by atoms with Crippen molar-refractivity contribution in [3.63, 3.8) is 0 Å². The molecular weight excluding hydrogens is 150 g/mol. The summed E-state index contributed by atoms with van der Waals surface area (Å²) < 4.78 is 30.2. The fraction of sp³-hybridized carbons (Fsp3) is 0. The average molecular weight is 154 g/mol. The molecule has 1 heterocycles. The van der Waals surface area contributed by atoms with Crippen LogP contribution in [0.5, 0.6) is 0 Å². The second-order valence-electron chi connectivity index (χ2n) is 2.19. The quantitative estimate of drug-likeness (QED) is 0.568. The summed E-state index contributed by atoms with van der Waals surface area (Å²) in [5.41, 5.74) is -0.0231. The van der Waals surface area contributed by atoms with E-state index in [0.29, 0.717) is 0 Å². The smallest absolute Gasteiger partial charge is 0.172 e. The Kier molecular flexibility index (Phi) is 1.18. The average Bonchev–Trinajstić information content (AvgIpc) is 2.45. The summed E-state index contributed by atoms with van der Waals surface area (Å²) in [6, 6.07) is 3.52. The van der Waals surface area contributed by atoms with Crippen molar-refractivity contribution in [1.29, 1.82) is 0 Å². The number of halogens is 2. The highest BCUT2D eigenvalue weighted by Crippen LogP contribution is 2.21. The first-order valence-corrected chi connectivity index (χ1v) is 3.10. The third kappa shape index (κ3) is 0.808. The molecule has 0 N–H and O–H groups in total. The van der Waals surface area contributed by atoms with Gasteiger partial charge >= 0.3 is 0 Å². The standard InChI is InChI=1S/C8H4F2O/c9-6-1-2-7(10)8-5(6)3-4-11-8/h1-4H. The van der Waals surface area contributed by atoms with Crippen molar-refractivity contribution < 1.29 is 13.2 Å². The van der Waals surface area contributed by atoms with Gasteiger partial charge in [-0.1, -0.05) is 0 Å². The van der Waals surface area contributed by atoms with Crippen molar-refractivity contribution in [3.05, 3.63) is 36.1 Å². The molecule has 0 fully saturated rings. The Morgan fingerprint density at radius 1 is 1.00 bits per heavy atom. The fourth-order valence-corrected chi connectivity index (χ4v) is 0.994. The number of furan rings is 1. The van der Waals surface area contributed by atoms with Crippen LogP contribution in [0.25, 0.3) is 11.0 Å². The zero-order chi connectivity index (χ0) is 7.84. The van der Waals surface area contributed by atoms with Crippen LogP contribution in [0.15, 0.2) is 28.9 Å². The van der Waals surface area contributed by atoms with Gasteiger partial charge in [0.05, 0.1) is 11.6 Å². The highest BCUT2D eigenvalue weighted by atomic mass is 19.1. The first-order chi connectivity index (χ1) is 5.29. The zero-order valence-corrected chi connectivity index (χ0v) is 5.47. The third-order valence-corrected chi connectivity index (χ3v) is 1.52. The Labute approximate surface area is 61.2 Å². The first kappa shape index (κ1) is 6.34. The largest absolute Gasteiger partial charge is 0.461 e. The Bertz CT molecular complexity index is 356. The van der Waals surface area contributed by atoms with Gasteiger partial charge in [-0.2, -0.15) is 0 Å². The lowest BCUT2D eigenvalue weighted by atomic mass is 10.2. The highest BCUT2D eigenvalue weighted by molar-refractivity contribution is 5.78. The van der Waals surface area contributed by atoms with E-state index in [4.69, 9.17) is 4.42 Å². The molecule has 0 saturated carbocycles. The van der Waals surface area contributed by atoms with E-state index >= 15 is 0 Å². The van der Waals surface area contributed by atoms with Crippen LogP contribution in [0.3, 0.4) is 0 Å². The predicted octanol–water partition coefficient (Wildman–Crippen LogP) is 2.71. The van der Waals surface area contributed by atoms with Gasteiger partial charge in [-0.05, 0) is 18.2 Å². The van der Waals surface area contributed by atoms with Gasteiger partial charge in [0.2, 0.25) is 0 Å². The monoisotopic (exact) mass is 154 g/mol. The number of hydrogen-bond donors (Lipinski definition) is 0. The van der Waals surface area contributed by atoms with E-state index in [1.54, 1.807) is 0 Å². The van der Waals surface area contributed by atoms with Crippen LogP contribution >= 0.6 is 0 Å². The molecule has 1 aromatic heterocycles. The second-order valence-corrected chi connectivity index (χ2v) is 2.19. The maximum atomic E-state index is 12.8. The Balaban J connectivity index is 2.96. The van der Waals surface area contributed by atoms with E-state index in [1.165, 1.54) is 12.3 Å². The maximum Gasteiger partial charge on any atom is 0.172 e. The van der Waals surface area contributed by atoms with Gasteiger partial charge in [-0.3, -0.25) is 0 Å². The zero-order valence-electron chi connectivity index (χ0n) is 5.47. The molecule has 0 bridgehead atoms. The molecule has 0 aliphatic carbocycles. The van der Waals surface area contributed by atoms with Crippen LogP contribution in [0, 0.1) is 11.6 Å². The molecule has 0 spiro atoms. The SMILES string of the molecule is Fc1ccc(F)c2occc12. The van der Waals surface area contributed by atoms with Gasteiger partial charge in [-0.25, -0.2) is 8.78 Å².